The highest BCUT2D eigenvalue weighted by Crippen LogP contribution is 2.25. The number of ether oxygens (including phenoxy) is 2. The molecule has 0 aromatic heterocycles. The average Bonchev–Trinajstić information content (AvgIpc) is 2.63. The minimum Gasteiger partial charge on any atom is -0.496 e. The largest absolute Gasteiger partial charge is 0.496 e. The summed E-state index contributed by atoms with van der Waals surface area (Å²) < 4.78 is 10.3. The molecule has 7 heteroatoms. The van der Waals surface area contributed by atoms with E-state index >= 15 is 0 Å². The van der Waals surface area contributed by atoms with Gasteiger partial charge in [0.05, 0.1) is 17.8 Å². The van der Waals surface area contributed by atoms with Crippen molar-refractivity contribution in [3.05, 3.63) is 64.1 Å². The fraction of sp³-hybridized carbons (Fsp3) is 0.158. The van der Waals surface area contributed by atoms with Crippen LogP contribution in [0.4, 0.5) is 5.69 Å². The molecule has 0 radical (unpaired) electrons. The third-order valence-corrected chi connectivity index (χ3v) is 3.95. The van der Waals surface area contributed by atoms with Gasteiger partial charge in [0.1, 0.15) is 5.75 Å². The van der Waals surface area contributed by atoms with E-state index in [1.165, 1.54) is 19.1 Å². The van der Waals surface area contributed by atoms with Crippen molar-refractivity contribution in [3.63, 3.8) is 0 Å². The maximum Gasteiger partial charge on any atom is 0.331 e. The van der Waals surface area contributed by atoms with E-state index in [1.807, 2.05) is 12.1 Å². The lowest BCUT2D eigenvalue weighted by atomic mass is 10.2. The summed E-state index contributed by atoms with van der Waals surface area (Å²) in [5.41, 5.74) is 1.06. The molecule has 1 atom stereocenters. The highest BCUT2D eigenvalue weighted by atomic mass is 35.5. The number of para-hydroxylation sites is 1. The summed E-state index contributed by atoms with van der Waals surface area (Å²) >= 11 is 11.9. The molecule has 0 saturated heterocycles. The van der Waals surface area contributed by atoms with Crippen molar-refractivity contribution in [1.29, 1.82) is 0 Å². The number of anilines is 1. The summed E-state index contributed by atoms with van der Waals surface area (Å²) in [5.74, 6) is -0.554. The van der Waals surface area contributed by atoms with Crippen molar-refractivity contribution >= 4 is 46.8 Å². The average molecular weight is 394 g/mol. The number of esters is 1. The zero-order chi connectivity index (χ0) is 19.1. The smallest absolute Gasteiger partial charge is 0.331 e. The van der Waals surface area contributed by atoms with Gasteiger partial charge in [-0.15, -0.1) is 0 Å². The first-order valence-corrected chi connectivity index (χ1v) is 8.44. The van der Waals surface area contributed by atoms with Crippen LogP contribution in [-0.2, 0) is 14.3 Å². The van der Waals surface area contributed by atoms with E-state index in [1.54, 1.807) is 37.5 Å². The molecular weight excluding hydrogens is 377 g/mol. The van der Waals surface area contributed by atoms with Gasteiger partial charge in [0.25, 0.3) is 5.91 Å². The second-order valence-corrected chi connectivity index (χ2v) is 6.11. The lowest BCUT2D eigenvalue weighted by Gasteiger charge is -2.13. The third kappa shape index (κ3) is 5.51. The number of amides is 1. The van der Waals surface area contributed by atoms with Crippen LogP contribution < -0.4 is 10.1 Å². The Morgan fingerprint density at radius 2 is 1.88 bits per heavy atom. The van der Waals surface area contributed by atoms with Crippen LogP contribution in [0.25, 0.3) is 6.08 Å². The molecule has 0 fully saturated rings. The first kappa shape index (κ1) is 19.8. The number of rotatable bonds is 6. The number of hydrogen-bond donors (Lipinski definition) is 1. The molecule has 2 rings (SSSR count). The highest BCUT2D eigenvalue weighted by molar-refractivity contribution is 6.35. The molecule has 1 amide bonds. The number of carbonyl (C=O) groups is 2. The second kappa shape index (κ2) is 9.27. The van der Waals surface area contributed by atoms with Gasteiger partial charge in [-0.05, 0) is 37.3 Å². The molecule has 0 spiro atoms. The van der Waals surface area contributed by atoms with E-state index in [-0.39, 0.29) is 0 Å². The zero-order valence-electron chi connectivity index (χ0n) is 14.2. The molecule has 5 nitrogen and oxygen atoms in total. The predicted octanol–water partition coefficient (Wildman–Crippen LogP) is 4.59. The van der Waals surface area contributed by atoms with Crippen LogP contribution in [0.3, 0.4) is 0 Å². The van der Waals surface area contributed by atoms with E-state index in [2.05, 4.69) is 5.32 Å². The summed E-state index contributed by atoms with van der Waals surface area (Å²) in [7, 11) is 1.54. The van der Waals surface area contributed by atoms with Gasteiger partial charge in [-0.1, -0.05) is 41.4 Å². The van der Waals surface area contributed by atoms with E-state index in [4.69, 9.17) is 32.7 Å². The van der Waals surface area contributed by atoms with Gasteiger partial charge in [-0.2, -0.15) is 0 Å². The standard InChI is InChI=1S/C19H17Cl2NO4/c1-12(19(24)22-16-11-14(20)8-9-15(16)21)26-18(23)10-7-13-5-3-4-6-17(13)25-2/h3-12H,1-2H3,(H,22,24)/b10-7+/t12-/m1/s1. The number of benzene rings is 2. The van der Waals surface area contributed by atoms with Crippen molar-refractivity contribution in [2.24, 2.45) is 0 Å². The van der Waals surface area contributed by atoms with Crippen LogP contribution in [0.15, 0.2) is 48.5 Å². The minimum absolute atomic E-state index is 0.331. The molecule has 2 aromatic carbocycles. The molecule has 0 aliphatic rings. The van der Waals surface area contributed by atoms with Crippen LogP contribution in [0.1, 0.15) is 12.5 Å². The summed E-state index contributed by atoms with van der Waals surface area (Å²) in [6.07, 6.45) is 1.77. The third-order valence-electron chi connectivity index (χ3n) is 3.39. The second-order valence-electron chi connectivity index (χ2n) is 5.27. The Kier molecular flexibility index (Phi) is 7.06. The number of carbonyl (C=O) groups excluding carboxylic acids is 2. The molecule has 2 aromatic rings. The van der Waals surface area contributed by atoms with Crippen LogP contribution in [-0.4, -0.2) is 25.1 Å². The van der Waals surface area contributed by atoms with Gasteiger partial charge in [0.2, 0.25) is 0 Å². The van der Waals surface area contributed by atoms with E-state index in [9.17, 15) is 9.59 Å². The van der Waals surface area contributed by atoms with E-state index in [0.29, 0.717) is 21.5 Å². The van der Waals surface area contributed by atoms with E-state index < -0.39 is 18.0 Å². The van der Waals surface area contributed by atoms with Gasteiger partial charge in [-0.25, -0.2) is 4.79 Å². The number of halogens is 2. The highest BCUT2D eigenvalue weighted by Gasteiger charge is 2.18. The monoisotopic (exact) mass is 393 g/mol. The number of nitrogens with one attached hydrogen (secondary N) is 1. The van der Waals surface area contributed by atoms with Gasteiger partial charge in [0.15, 0.2) is 6.10 Å². The molecule has 0 heterocycles. The Morgan fingerprint density at radius 3 is 2.62 bits per heavy atom. The van der Waals surface area contributed by atoms with Crippen molar-refractivity contribution < 1.29 is 19.1 Å². The molecule has 0 bridgehead atoms. The van der Waals surface area contributed by atoms with E-state index in [0.717, 1.165) is 5.56 Å². The Bertz CT molecular complexity index is 836. The van der Waals surface area contributed by atoms with Gasteiger partial charge < -0.3 is 14.8 Å². The van der Waals surface area contributed by atoms with Gasteiger partial charge in [-0.3, -0.25) is 4.79 Å². The molecule has 136 valence electrons. The SMILES string of the molecule is COc1ccccc1/C=C/C(=O)O[C@H](C)C(=O)Nc1cc(Cl)ccc1Cl. The summed E-state index contributed by atoms with van der Waals surface area (Å²) in [5, 5.41) is 3.33. The Balaban J connectivity index is 1.96. The Labute approximate surface area is 161 Å². The molecular formula is C19H17Cl2NO4. The minimum atomic E-state index is -1.01. The quantitative estimate of drug-likeness (QED) is 0.575. The number of hydrogen-bond acceptors (Lipinski definition) is 4. The Hall–Kier alpha value is -2.50. The molecule has 0 aliphatic heterocycles. The fourth-order valence-electron chi connectivity index (χ4n) is 2.06. The predicted molar refractivity (Wildman–Crippen MR) is 103 cm³/mol. The van der Waals surface area contributed by atoms with Crippen molar-refractivity contribution in [2.45, 2.75) is 13.0 Å². The number of methoxy groups -OCH3 is 1. The summed E-state index contributed by atoms with van der Waals surface area (Å²) in [6.45, 7) is 1.46. The first-order chi connectivity index (χ1) is 12.4. The normalized spacial score (nSPS) is 11.8. The molecule has 0 saturated carbocycles. The lowest BCUT2D eigenvalue weighted by molar-refractivity contribution is -0.148. The van der Waals surface area contributed by atoms with Crippen LogP contribution in [0.5, 0.6) is 5.75 Å². The lowest BCUT2D eigenvalue weighted by Crippen LogP contribution is -2.29. The maximum atomic E-state index is 12.2. The molecule has 1 N–H and O–H groups in total. The maximum absolute atomic E-state index is 12.2. The van der Waals surface area contributed by atoms with Crippen molar-refractivity contribution in [1.82, 2.24) is 0 Å². The van der Waals surface area contributed by atoms with Crippen LogP contribution in [0.2, 0.25) is 10.0 Å². The van der Waals surface area contributed by atoms with Crippen molar-refractivity contribution in [2.75, 3.05) is 12.4 Å². The summed E-state index contributed by atoms with van der Waals surface area (Å²) in [6, 6.07) is 11.9. The molecule has 0 unspecified atom stereocenters. The fourth-order valence-corrected chi connectivity index (χ4v) is 2.39. The van der Waals surface area contributed by atoms with Crippen molar-refractivity contribution in [3.8, 4) is 5.75 Å². The summed E-state index contributed by atoms with van der Waals surface area (Å²) in [4.78, 5) is 24.1. The van der Waals surface area contributed by atoms with Gasteiger partial charge in [0, 0.05) is 16.7 Å². The van der Waals surface area contributed by atoms with Gasteiger partial charge >= 0.3 is 5.97 Å². The van der Waals surface area contributed by atoms with Crippen LogP contribution >= 0.6 is 23.2 Å². The zero-order valence-corrected chi connectivity index (χ0v) is 15.7. The first-order valence-electron chi connectivity index (χ1n) is 7.68. The molecule has 0 aliphatic carbocycles. The van der Waals surface area contributed by atoms with Crippen LogP contribution in [0, 0.1) is 0 Å². The topological polar surface area (TPSA) is 64.6 Å². The Morgan fingerprint density at radius 1 is 1.15 bits per heavy atom. The molecule has 26 heavy (non-hydrogen) atoms.